The molecule has 0 spiro atoms. The van der Waals surface area contributed by atoms with Crippen LogP contribution in [0.1, 0.15) is 40.0 Å². The Morgan fingerprint density at radius 1 is 1.44 bits per heavy atom. The first-order chi connectivity index (χ1) is 8.40. The second kappa shape index (κ2) is 6.84. The van der Waals surface area contributed by atoms with Crippen LogP contribution in [0.5, 0.6) is 0 Å². The standard InChI is InChI=1S/C12H26N2O3S/c1-4-12(10(2)3)13-18(16,17)14-7-5-6-11(8-14)9-15/h10-13,15H,4-9H2,1-3H3. The lowest BCUT2D eigenvalue weighted by Gasteiger charge is -2.33. The molecule has 1 saturated heterocycles. The summed E-state index contributed by atoms with van der Waals surface area (Å²) in [6.45, 7) is 7.07. The van der Waals surface area contributed by atoms with Crippen molar-refractivity contribution in [2.24, 2.45) is 11.8 Å². The lowest BCUT2D eigenvalue weighted by atomic mass is 10.0. The Balaban J connectivity index is 2.67. The van der Waals surface area contributed by atoms with Crippen LogP contribution in [0, 0.1) is 11.8 Å². The molecule has 0 aromatic carbocycles. The van der Waals surface area contributed by atoms with Crippen molar-refractivity contribution in [3.05, 3.63) is 0 Å². The maximum absolute atomic E-state index is 12.3. The van der Waals surface area contributed by atoms with Gasteiger partial charge in [-0.2, -0.15) is 17.4 Å². The van der Waals surface area contributed by atoms with E-state index in [4.69, 9.17) is 5.11 Å². The predicted octanol–water partition coefficient (Wildman–Crippen LogP) is 0.960. The van der Waals surface area contributed by atoms with Crippen LogP contribution in [0.4, 0.5) is 0 Å². The van der Waals surface area contributed by atoms with Gasteiger partial charge in [0.25, 0.3) is 10.2 Å². The second-order valence-corrected chi connectivity index (χ2v) is 7.13. The van der Waals surface area contributed by atoms with Gasteiger partial charge in [-0.05, 0) is 31.1 Å². The van der Waals surface area contributed by atoms with Crippen LogP contribution < -0.4 is 4.72 Å². The average molecular weight is 278 g/mol. The van der Waals surface area contributed by atoms with E-state index in [0.29, 0.717) is 13.1 Å². The van der Waals surface area contributed by atoms with E-state index in [-0.39, 0.29) is 24.5 Å². The van der Waals surface area contributed by atoms with Gasteiger partial charge in [-0.3, -0.25) is 0 Å². The summed E-state index contributed by atoms with van der Waals surface area (Å²) in [6.07, 6.45) is 2.52. The van der Waals surface area contributed by atoms with Crippen LogP contribution in [-0.4, -0.2) is 43.6 Å². The fraction of sp³-hybridized carbons (Fsp3) is 1.00. The van der Waals surface area contributed by atoms with Gasteiger partial charge in [0.1, 0.15) is 0 Å². The Morgan fingerprint density at radius 3 is 2.61 bits per heavy atom. The zero-order chi connectivity index (χ0) is 13.8. The van der Waals surface area contributed by atoms with Crippen LogP contribution in [-0.2, 0) is 10.2 Å². The van der Waals surface area contributed by atoms with Gasteiger partial charge in [0.2, 0.25) is 0 Å². The predicted molar refractivity (Wildman–Crippen MR) is 72.4 cm³/mol. The summed E-state index contributed by atoms with van der Waals surface area (Å²) in [6, 6.07) is -0.0236. The summed E-state index contributed by atoms with van der Waals surface area (Å²) in [7, 11) is -3.41. The smallest absolute Gasteiger partial charge is 0.279 e. The molecule has 0 aromatic rings. The first kappa shape index (κ1) is 15.9. The zero-order valence-electron chi connectivity index (χ0n) is 11.6. The van der Waals surface area contributed by atoms with E-state index >= 15 is 0 Å². The highest BCUT2D eigenvalue weighted by atomic mass is 32.2. The molecule has 6 heteroatoms. The fourth-order valence-electron chi connectivity index (χ4n) is 2.35. The lowest BCUT2D eigenvalue weighted by Crippen LogP contribution is -2.50. The number of aliphatic hydroxyl groups excluding tert-OH is 1. The molecule has 2 unspecified atom stereocenters. The van der Waals surface area contributed by atoms with E-state index in [0.717, 1.165) is 19.3 Å². The lowest BCUT2D eigenvalue weighted by molar-refractivity contribution is 0.164. The van der Waals surface area contributed by atoms with E-state index < -0.39 is 10.2 Å². The minimum atomic E-state index is -3.41. The molecule has 0 radical (unpaired) electrons. The number of nitrogens with zero attached hydrogens (tertiary/aromatic N) is 1. The Morgan fingerprint density at radius 2 is 2.11 bits per heavy atom. The summed E-state index contributed by atoms with van der Waals surface area (Å²) in [4.78, 5) is 0. The molecular weight excluding hydrogens is 252 g/mol. The highest BCUT2D eigenvalue weighted by molar-refractivity contribution is 7.87. The maximum Gasteiger partial charge on any atom is 0.279 e. The first-order valence-corrected chi connectivity index (χ1v) is 8.23. The maximum atomic E-state index is 12.3. The summed E-state index contributed by atoms with van der Waals surface area (Å²) >= 11 is 0. The van der Waals surface area contributed by atoms with Crippen molar-refractivity contribution in [3.8, 4) is 0 Å². The number of rotatable bonds is 6. The van der Waals surface area contributed by atoms with Crippen LogP contribution in [0.15, 0.2) is 0 Å². The molecule has 1 rings (SSSR count). The van der Waals surface area contributed by atoms with Crippen molar-refractivity contribution in [2.75, 3.05) is 19.7 Å². The highest BCUT2D eigenvalue weighted by Crippen LogP contribution is 2.19. The van der Waals surface area contributed by atoms with Crippen molar-refractivity contribution in [3.63, 3.8) is 0 Å². The van der Waals surface area contributed by atoms with Gasteiger partial charge >= 0.3 is 0 Å². The van der Waals surface area contributed by atoms with Gasteiger partial charge in [-0.15, -0.1) is 0 Å². The SMILES string of the molecule is CCC(NS(=O)(=O)N1CCCC(CO)C1)C(C)C. The molecule has 0 saturated carbocycles. The largest absolute Gasteiger partial charge is 0.396 e. The molecule has 1 fully saturated rings. The summed E-state index contributed by atoms with van der Waals surface area (Å²) < 4.78 is 28.8. The van der Waals surface area contributed by atoms with Crippen molar-refractivity contribution in [1.82, 2.24) is 9.03 Å². The van der Waals surface area contributed by atoms with Crippen LogP contribution in [0.3, 0.4) is 0 Å². The molecule has 0 aromatic heterocycles. The Bertz CT molecular complexity index is 343. The molecule has 1 aliphatic heterocycles. The number of hydrogen-bond acceptors (Lipinski definition) is 3. The fourth-order valence-corrected chi connectivity index (χ4v) is 4.10. The van der Waals surface area contributed by atoms with Crippen LogP contribution in [0.2, 0.25) is 0 Å². The zero-order valence-corrected chi connectivity index (χ0v) is 12.4. The molecule has 0 amide bonds. The van der Waals surface area contributed by atoms with Gasteiger partial charge in [0, 0.05) is 25.7 Å². The van der Waals surface area contributed by atoms with Crippen molar-refractivity contribution in [2.45, 2.75) is 46.1 Å². The van der Waals surface area contributed by atoms with E-state index in [1.165, 1.54) is 4.31 Å². The van der Waals surface area contributed by atoms with Crippen molar-refractivity contribution in [1.29, 1.82) is 0 Å². The number of piperidine rings is 1. The van der Waals surface area contributed by atoms with Crippen LogP contribution >= 0.6 is 0 Å². The number of hydrogen-bond donors (Lipinski definition) is 2. The molecule has 108 valence electrons. The van der Waals surface area contributed by atoms with Crippen molar-refractivity contribution < 1.29 is 13.5 Å². The third-order valence-electron chi connectivity index (χ3n) is 3.62. The van der Waals surface area contributed by atoms with E-state index in [1.807, 2.05) is 20.8 Å². The molecule has 2 atom stereocenters. The molecule has 18 heavy (non-hydrogen) atoms. The van der Waals surface area contributed by atoms with Gasteiger partial charge in [0.05, 0.1) is 0 Å². The Labute approximate surface area is 111 Å². The molecule has 0 bridgehead atoms. The minimum absolute atomic E-state index is 0.0236. The normalized spacial score (nSPS) is 24.4. The number of nitrogens with one attached hydrogen (secondary N) is 1. The molecule has 1 heterocycles. The topological polar surface area (TPSA) is 69.6 Å². The third-order valence-corrected chi connectivity index (χ3v) is 5.24. The Kier molecular flexibility index (Phi) is 6.04. The van der Waals surface area contributed by atoms with E-state index in [9.17, 15) is 8.42 Å². The van der Waals surface area contributed by atoms with Gasteiger partial charge in [-0.25, -0.2) is 0 Å². The van der Waals surface area contributed by atoms with E-state index in [1.54, 1.807) is 0 Å². The first-order valence-electron chi connectivity index (χ1n) is 6.79. The van der Waals surface area contributed by atoms with Crippen LogP contribution in [0.25, 0.3) is 0 Å². The van der Waals surface area contributed by atoms with E-state index in [2.05, 4.69) is 4.72 Å². The molecule has 0 aliphatic carbocycles. The van der Waals surface area contributed by atoms with Gasteiger partial charge in [-0.1, -0.05) is 20.8 Å². The third kappa shape index (κ3) is 4.19. The Hall–Kier alpha value is -0.170. The molecule has 2 N–H and O–H groups in total. The quantitative estimate of drug-likeness (QED) is 0.760. The second-order valence-electron chi connectivity index (χ2n) is 5.43. The average Bonchev–Trinajstić information content (AvgIpc) is 2.35. The monoisotopic (exact) mass is 278 g/mol. The summed E-state index contributed by atoms with van der Waals surface area (Å²) in [5.41, 5.74) is 0. The summed E-state index contributed by atoms with van der Waals surface area (Å²) in [5.74, 6) is 0.359. The number of aliphatic hydroxyl groups is 1. The van der Waals surface area contributed by atoms with Gasteiger partial charge in [0.15, 0.2) is 0 Å². The van der Waals surface area contributed by atoms with Crippen molar-refractivity contribution >= 4 is 10.2 Å². The molecule has 1 aliphatic rings. The molecular formula is C12H26N2O3S. The summed E-state index contributed by atoms with van der Waals surface area (Å²) in [5, 5.41) is 9.15. The highest BCUT2D eigenvalue weighted by Gasteiger charge is 2.30. The molecule has 5 nitrogen and oxygen atoms in total. The minimum Gasteiger partial charge on any atom is -0.396 e. The van der Waals surface area contributed by atoms with Gasteiger partial charge < -0.3 is 5.11 Å².